The van der Waals surface area contributed by atoms with Crippen LogP contribution in [-0.2, 0) is 0 Å². The van der Waals surface area contributed by atoms with E-state index in [9.17, 15) is 0 Å². The molecule has 21 heavy (non-hydrogen) atoms. The molecule has 1 aromatic heterocycles. The summed E-state index contributed by atoms with van der Waals surface area (Å²) in [6.45, 7) is 0. The van der Waals surface area contributed by atoms with Gasteiger partial charge in [-0.2, -0.15) is 0 Å². The molecule has 0 saturated heterocycles. The number of hydrogen-bond acceptors (Lipinski definition) is 2. The number of benzene rings is 2. The minimum Gasteiger partial charge on any atom is -0.557 e. The smallest absolute Gasteiger partial charge is 0.401 e. The Morgan fingerprint density at radius 1 is 1.00 bits per heavy atom. The zero-order valence-corrected chi connectivity index (χ0v) is 12.0. The molecule has 0 fully saturated rings. The highest BCUT2D eigenvalue weighted by atomic mass is 35.5. The molecule has 0 aliphatic carbocycles. The maximum absolute atomic E-state index is 6.08. The van der Waals surface area contributed by atoms with E-state index in [-0.39, 0.29) is 0 Å². The molecular weight excluding hydrogens is 280 g/mol. The fourth-order valence-corrected chi connectivity index (χ4v) is 2.24. The van der Waals surface area contributed by atoms with Gasteiger partial charge in [-0.05, 0) is 23.8 Å². The van der Waals surface area contributed by atoms with Crippen LogP contribution < -0.4 is 4.65 Å². The lowest BCUT2D eigenvalue weighted by atomic mass is 9.99. The predicted molar refractivity (Wildman–Crippen MR) is 88.6 cm³/mol. The first-order chi connectivity index (χ1) is 10.3. The monoisotopic (exact) mass is 292 g/mol. The molecule has 0 aliphatic heterocycles. The van der Waals surface area contributed by atoms with E-state index in [1.807, 2.05) is 66.6 Å². The van der Waals surface area contributed by atoms with Crippen LogP contribution in [0.25, 0.3) is 17.0 Å². The Morgan fingerprint density at radius 3 is 2.76 bits per heavy atom. The molecule has 4 heteroatoms. The number of aromatic nitrogens is 1. The van der Waals surface area contributed by atoms with E-state index in [2.05, 4.69) is 4.98 Å². The normalized spacial score (nSPS) is 10.9. The molecule has 1 heterocycles. The Kier molecular flexibility index (Phi) is 4.22. The molecule has 3 aromatic rings. The number of pyridine rings is 1. The molecule has 3 rings (SSSR count). The van der Waals surface area contributed by atoms with Gasteiger partial charge in [-0.25, -0.2) is 0 Å². The summed E-state index contributed by atoms with van der Waals surface area (Å²) >= 11 is 6.08. The van der Waals surface area contributed by atoms with Gasteiger partial charge in [0.1, 0.15) is 11.3 Å². The molecule has 0 atom stereocenters. The van der Waals surface area contributed by atoms with Crippen molar-refractivity contribution < 1.29 is 4.65 Å². The van der Waals surface area contributed by atoms with Crippen LogP contribution in [0.2, 0.25) is 5.02 Å². The van der Waals surface area contributed by atoms with E-state index in [1.54, 1.807) is 13.7 Å². The van der Waals surface area contributed by atoms with Crippen molar-refractivity contribution in [3.05, 3.63) is 77.4 Å². The van der Waals surface area contributed by atoms with Crippen molar-refractivity contribution in [3.8, 4) is 5.75 Å². The van der Waals surface area contributed by atoms with Crippen LogP contribution in [0.4, 0.5) is 0 Å². The quantitative estimate of drug-likeness (QED) is 0.658. The van der Waals surface area contributed by atoms with Gasteiger partial charge in [0.05, 0.1) is 0 Å². The molecule has 0 saturated carbocycles. The summed E-state index contributed by atoms with van der Waals surface area (Å²) in [7, 11) is 1.63. The largest absolute Gasteiger partial charge is 0.557 e. The first kappa shape index (κ1) is 13.7. The van der Waals surface area contributed by atoms with Crippen LogP contribution in [0.15, 0.2) is 66.8 Å². The molecule has 0 unspecified atom stereocenters. The third-order valence-corrected chi connectivity index (χ3v) is 3.39. The van der Waals surface area contributed by atoms with Crippen LogP contribution >= 0.6 is 11.6 Å². The number of halogens is 1. The summed E-state index contributed by atoms with van der Waals surface area (Å²) in [4.78, 5) is 4.34. The standard InChI is InChI=1S/C17H12BClNO/c19-15-8-2-1-5-13(15)10-11-18-21-16-9-3-6-14-7-4-12-20-17(14)16/h1-12H/b11-10+. The van der Waals surface area contributed by atoms with Crippen LogP contribution in [0.5, 0.6) is 5.75 Å². The van der Waals surface area contributed by atoms with Gasteiger partial charge < -0.3 is 4.65 Å². The minimum atomic E-state index is 0.717. The maximum Gasteiger partial charge on any atom is 0.401 e. The number of fused-ring (bicyclic) bond motifs is 1. The first-order valence-corrected chi connectivity index (χ1v) is 6.97. The molecule has 1 radical (unpaired) electrons. The van der Waals surface area contributed by atoms with Gasteiger partial charge in [0.2, 0.25) is 0 Å². The van der Waals surface area contributed by atoms with Gasteiger partial charge in [-0.1, -0.05) is 60.1 Å². The summed E-state index contributed by atoms with van der Waals surface area (Å²) in [5.74, 6) is 2.56. The van der Waals surface area contributed by atoms with Gasteiger partial charge >= 0.3 is 7.48 Å². The Morgan fingerprint density at radius 2 is 1.86 bits per heavy atom. The van der Waals surface area contributed by atoms with Gasteiger partial charge in [-0.3, -0.25) is 4.98 Å². The maximum atomic E-state index is 6.08. The number of nitrogens with zero attached hydrogens (tertiary/aromatic N) is 1. The highest BCUT2D eigenvalue weighted by Crippen LogP contribution is 2.22. The van der Waals surface area contributed by atoms with Crippen LogP contribution in [0.3, 0.4) is 0 Å². The van der Waals surface area contributed by atoms with E-state index in [0.717, 1.165) is 22.2 Å². The van der Waals surface area contributed by atoms with E-state index in [4.69, 9.17) is 16.3 Å². The van der Waals surface area contributed by atoms with Gasteiger partial charge in [0.15, 0.2) is 0 Å². The van der Waals surface area contributed by atoms with Gasteiger partial charge in [-0.15, -0.1) is 0 Å². The minimum absolute atomic E-state index is 0.717. The fourth-order valence-electron chi connectivity index (χ4n) is 2.04. The lowest BCUT2D eigenvalue weighted by Gasteiger charge is -2.05. The highest BCUT2D eigenvalue weighted by molar-refractivity contribution is 6.37. The third-order valence-electron chi connectivity index (χ3n) is 3.05. The predicted octanol–water partition coefficient (Wildman–Crippen LogP) is 4.56. The summed E-state index contributed by atoms with van der Waals surface area (Å²) < 4.78 is 5.66. The molecule has 0 aliphatic rings. The second kappa shape index (κ2) is 6.46. The van der Waals surface area contributed by atoms with E-state index in [1.165, 1.54) is 0 Å². The number of hydrogen-bond donors (Lipinski definition) is 0. The summed E-state index contributed by atoms with van der Waals surface area (Å²) in [5, 5.41) is 1.77. The third kappa shape index (κ3) is 3.26. The molecular formula is C17H12BClNO. The van der Waals surface area contributed by atoms with Crippen molar-refractivity contribution in [1.82, 2.24) is 4.98 Å². The summed E-state index contributed by atoms with van der Waals surface area (Å²) in [6, 6.07) is 17.4. The van der Waals surface area contributed by atoms with E-state index >= 15 is 0 Å². The van der Waals surface area contributed by atoms with E-state index in [0.29, 0.717) is 5.02 Å². The molecule has 101 valence electrons. The van der Waals surface area contributed by atoms with E-state index < -0.39 is 0 Å². The Bertz CT molecular complexity index is 783. The Balaban J connectivity index is 1.71. The van der Waals surface area contributed by atoms with Crippen LogP contribution in [0.1, 0.15) is 5.56 Å². The first-order valence-electron chi connectivity index (χ1n) is 6.59. The van der Waals surface area contributed by atoms with Gasteiger partial charge in [0, 0.05) is 16.6 Å². The Hall–Kier alpha value is -2.26. The van der Waals surface area contributed by atoms with Gasteiger partial charge in [0.25, 0.3) is 0 Å². The topological polar surface area (TPSA) is 22.1 Å². The van der Waals surface area contributed by atoms with Crippen molar-refractivity contribution in [2.45, 2.75) is 0 Å². The highest BCUT2D eigenvalue weighted by Gasteiger charge is 2.02. The fraction of sp³-hybridized carbons (Fsp3) is 0. The average Bonchev–Trinajstić information content (AvgIpc) is 2.53. The second-order valence-electron chi connectivity index (χ2n) is 4.47. The number of rotatable bonds is 4. The molecule has 0 spiro atoms. The summed E-state index contributed by atoms with van der Waals surface area (Å²) in [5.41, 5.74) is 1.80. The lowest BCUT2D eigenvalue weighted by molar-refractivity contribution is 0.610. The average molecular weight is 293 g/mol. The van der Waals surface area contributed by atoms with Crippen LogP contribution in [-0.4, -0.2) is 12.5 Å². The zero-order chi connectivity index (χ0) is 14.5. The van der Waals surface area contributed by atoms with Crippen molar-refractivity contribution in [2.75, 3.05) is 0 Å². The Labute approximate surface area is 129 Å². The van der Waals surface area contributed by atoms with Crippen molar-refractivity contribution in [3.63, 3.8) is 0 Å². The molecule has 0 amide bonds. The van der Waals surface area contributed by atoms with Crippen molar-refractivity contribution in [2.24, 2.45) is 0 Å². The summed E-state index contributed by atoms with van der Waals surface area (Å²) in [6.07, 6.45) is 3.66. The second-order valence-corrected chi connectivity index (χ2v) is 4.87. The van der Waals surface area contributed by atoms with Crippen LogP contribution in [0, 0.1) is 0 Å². The number of para-hydroxylation sites is 1. The molecule has 2 aromatic carbocycles. The lowest BCUT2D eigenvalue weighted by Crippen LogP contribution is -1.99. The molecule has 0 bridgehead atoms. The van der Waals surface area contributed by atoms with Crippen molar-refractivity contribution >= 4 is 36.1 Å². The molecule has 0 N–H and O–H groups in total. The SMILES string of the molecule is Clc1ccccc1/C=C/[B]Oc1cccc2cccnc12. The van der Waals surface area contributed by atoms with Crippen molar-refractivity contribution in [1.29, 1.82) is 0 Å². The zero-order valence-electron chi connectivity index (χ0n) is 11.2. The molecule has 2 nitrogen and oxygen atoms in total.